The van der Waals surface area contributed by atoms with Gasteiger partial charge in [0.05, 0.1) is 16.6 Å². The zero-order chi connectivity index (χ0) is 16.4. The fourth-order valence-electron chi connectivity index (χ4n) is 2.09. The highest BCUT2D eigenvalue weighted by Crippen LogP contribution is 2.30. The summed E-state index contributed by atoms with van der Waals surface area (Å²) in [6.45, 7) is 0. The van der Waals surface area contributed by atoms with E-state index in [1.807, 2.05) is 6.07 Å². The van der Waals surface area contributed by atoms with Gasteiger partial charge < -0.3 is 5.32 Å². The maximum atomic E-state index is 12.6. The number of amides is 2. The number of halogens is 3. The van der Waals surface area contributed by atoms with Crippen LogP contribution in [0.5, 0.6) is 0 Å². The second-order valence-electron chi connectivity index (χ2n) is 4.75. The average molecular weight is 320 g/mol. The van der Waals surface area contributed by atoms with Crippen molar-refractivity contribution in [3.05, 3.63) is 60.4 Å². The minimum absolute atomic E-state index is 0.0433. The van der Waals surface area contributed by atoms with Crippen molar-refractivity contribution in [2.45, 2.75) is 6.18 Å². The Morgan fingerprint density at radius 1 is 1.09 bits per heavy atom. The standard InChI is InChI=1S/C15H11F3N4O/c16-15(17,18)10-4-3-5-11(8-10)20-14(23)21-22-9-19-12-6-1-2-7-13(12)22/h1-9H,(H2,20,21,23). The average Bonchev–Trinajstić information content (AvgIpc) is 2.90. The van der Waals surface area contributed by atoms with Crippen molar-refractivity contribution in [2.24, 2.45) is 0 Å². The molecule has 0 spiro atoms. The van der Waals surface area contributed by atoms with Gasteiger partial charge in [0.2, 0.25) is 0 Å². The van der Waals surface area contributed by atoms with Gasteiger partial charge in [0.1, 0.15) is 6.33 Å². The molecular weight excluding hydrogens is 309 g/mol. The Hall–Kier alpha value is -3.03. The van der Waals surface area contributed by atoms with Crippen LogP contribution in [0.15, 0.2) is 54.9 Å². The van der Waals surface area contributed by atoms with Gasteiger partial charge in [0.25, 0.3) is 0 Å². The lowest BCUT2D eigenvalue weighted by atomic mass is 10.2. The quantitative estimate of drug-likeness (QED) is 0.754. The van der Waals surface area contributed by atoms with Crippen LogP contribution in [0.3, 0.4) is 0 Å². The molecule has 0 fully saturated rings. The molecule has 0 bridgehead atoms. The first-order valence-electron chi connectivity index (χ1n) is 6.61. The predicted octanol–water partition coefficient (Wildman–Crippen LogP) is 3.83. The Morgan fingerprint density at radius 3 is 2.65 bits per heavy atom. The number of para-hydroxylation sites is 2. The van der Waals surface area contributed by atoms with E-state index in [0.717, 1.165) is 12.1 Å². The number of hydrogen-bond donors (Lipinski definition) is 2. The zero-order valence-electron chi connectivity index (χ0n) is 11.6. The van der Waals surface area contributed by atoms with Crippen LogP contribution in [0.4, 0.5) is 23.7 Å². The number of hydrogen-bond acceptors (Lipinski definition) is 2. The maximum absolute atomic E-state index is 12.6. The van der Waals surface area contributed by atoms with Gasteiger partial charge in [-0.2, -0.15) is 13.2 Å². The van der Waals surface area contributed by atoms with Gasteiger partial charge in [-0.25, -0.2) is 19.9 Å². The molecule has 1 heterocycles. The number of fused-ring (bicyclic) bond motifs is 1. The van der Waals surface area contributed by atoms with Crippen LogP contribution < -0.4 is 10.7 Å². The molecule has 8 heteroatoms. The molecule has 5 nitrogen and oxygen atoms in total. The molecule has 0 saturated heterocycles. The Labute approximate surface area is 128 Å². The molecule has 118 valence electrons. The molecule has 0 radical (unpaired) electrons. The van der Waals surface area contributed by atoms with Gasteiger partial charge in [-0.15, -0.1) is 0 Å². The summed E-state index contributed by atoms with van der Waals surface area (Å²) in [6, 6.07) is 10.9. The second-order valence-corrected chi connectivity index (χ2v) is 4.75. The lowest BCUT2D eigenvalue weighted by Gasteiger charge is -2.11. The minimum atomic E-state index is -4.46. The zero-order valence-corrected chi connectivity index (χ0v) is 11.6. The summed E-state index contributed by atoms with van der Waals surface area (Å²) in [4.78, 5) is 16.0. The summed E-state index contributed by atoms with van der Waals surface area (Å²) >= 11 is 0. The number of aromatic nitrogens is 2. The molecule has 23 heavy (non-hydrogen) atoms. The molecule has 1 aromatic heterocycles. The van der Waals surface area contributed by atoms with E-state index in [-0.39, 0.29) is 5.69 Å². The molecule has 2 N–H and O–H groups in total. The molecule has 2 aromatic carbocycles. The topological polar surface area (TPSA) is 59.0 Å². The van der Waals surface area contributed by atoms with E-state index >= 15 is 0 Å². The smallest absolute Gasteiger partial charge is 0.307 e. The van der Waals surface area contributed by atoms with E-state index in [4.69, 9.17) is 0 Å². The summed E-state index contributed by atoms with van der Waals surface area (Å²) in [5.41, 5.74) is 3.07. The molecule has 2 amide bonds. The van der Waals surface area contributed by atoms with Crippen LogP contribution in [0.1, 0.15) is 5.56 Å². The Kier molecular flexibility index (Phi) is 3.65. The van der Waals surface area contributed by atoms with Crippen molar-refractivity contribution >= 4 is 22.8 Å². The first kappa shape index (κ1) is 14.9. The van der Waals surface area contributed by atoms with Gasteiger partial charge in [-0.1, -0.05) is 18.2 Å². The van der Waals surface area contributed by atoms with Crippen molar-refractivity contribution < 1.29 is 18.0 Å². The summed E-state index contributed by atoms with van der Waals surface area (Å²) in [5.74, 6) is 0. The number of nitrogens with zero attached hydrogens (tertiary/aromatic N) is 2. The summed E-state index contributed by atoms with van der Waals surface area (Å²) < 4.78 is 39.3. The lowest BCUT2D eigenvalue weighted by Crippen LogP contribution is -2.27. The third kappa shape index (κ3) is 3.25. The van der Waals surface area contributed by atoms with E-state index in [9.17, 15) is 18.0 Å². The molecule has 3 rings (SSSR count). The Bertz CT molecular complexity index is 857. The predicted molar refractivity (Wildman–Crippen MR) is 79.6 cm³/mol. The van der Waals surface area contributed by atoms with Crippen molar-refractivity contribution in [3.8, 4) is 0 Å². The first-order chi connectivity index (χ1) is 10.9. The van der Waals surface area contributed by atoms with E-state index in [0.29, 0.717) is 11.0 Å². The SMILES string of the molecule is O=C(Nc1cccc(C(F)(F)F)c1)Nn1cnc2ccccc21. The van der Waals surface area contributed by atoms with Crippen LogP contribution >= 0.6 is 0 Å². The van der Waals surface area contributed by atoms with Crippen LogP contribution in [-0.4, -0.2) is 15.7 Å². The number of carbonyl (C=O) groups excluding carboxylic acids is 1. The number of carbonyl (C=O) groups is 1. The first-order valence-corrected chi connectivity index (χ1v) is 6.61. The fraction of sp³-hybridized carbons (Fsp3) is 0.0667. The number of benzene rings is 2. The van der Waals surface area contributed by atoms with E-state index in [1.165, 1.54) is 23.1 Å². The number of alkyl halides is 3. The molecule has 0 aliphatic heterocycles. The third-order valence-corrected chi connectivity index (χ3v) is 3.12. The van der Waals surface area contributed by atoms with Crippen molar-refractivity contribution in [1.82, 2.24) is 9.66 Å². The van der Waals surface area contributed by atoms with E-state index < -0.39 is 17.8 Å². The van der Waals surface area contributed by atoms with Crippen LogP contribution in [0, 0.1) is 0 Å². The number of rotatable bonds is 2. The minimum Gasteiger partial charge on any atom is -0.307 e. The normalized spacial score (nSPS) is 11.4. The molecule has 0 saturated carbocycles. The summed E-state index contributed by atoms with van der Waals surface area (Å²) in [5, 5.41) is 2.36. The van der Waals surface area contributed by atoms with Gasteiger partial charge in [-0.3, -0.25) is 0 Å². The number of urea groups is 1. The van der Waals surface area contributed by atoms with Crippen molar-refractivity contribution in [3.63, 3.8) is 0 Å². The van der Waals surface area contributed by atoms with E-state index in [1.54, 1.807) is 18.2 Å². The molecule has 0 aliphatic rings. The van der Waals surface area contributed by atoms with Crippen molar-refractivity contribution in [2.75, 3.05) is 10.7 Å². The lowest BCUT2D eigenvalue weighted by molar-refractivity contribution is -0.137. The third-order valence-electron chi connectivity index (χ3n) is 3.12. The van der Waals surface area contributed by atoms with Gasteiger partial charge in [0.15, 0.2) is 0 Å². The second kappa shape index (κ2) is 5.64. The largest absolute Gasteiger partial charge is 0.416 e. The van der Waals surface area contributed by atoms with Crippen molar-refractivity contribution in [1.29, 1.82) is 0 Å². The molecule has 0 aliphatic carbocycles. The summed E-state index contributed by atoms with van der Waals surface area (Å²) in [6.07, 6.45) is -3.05. The Balaban J connectivity index is 1.75. The fourth-order valence-corrected chi connectivity index (χ4v) is 2.09. The number of nitrogens with one attached hydrogen (secondary N) is 2. The molecule has 0 unspecified atom stereocenters. The van der Waals surface area contributed by atoms with Crippen LogP contribution in [-0.2, 0) is 6.18 Å². The van der Waals surface area contributed by atoms with E-state index in [2.05, 4.69) is 15.7 Å². The monoisotopic (exact) mass is 320 g/mol. The number of anilines is 1. The van der Waals surface area contributed by atoms with Gasteiger partial charge >= 0.3 is 12.2 Å². The van der Waals surface area contributed by atoms with Gasteiger partial charge in [-0.05, 0) is 30.3 Å². The highest BCUT2D eigenvalue weighted by atomic mass is 19.4. The molecule has 0 atom stereocenters. The highest BCUT2D eigenvalue weighted by Gasteiger charge is 2.30. The summed E-state index contributed by atoms with van der Waals surface area (Å²) in [7, 11) is 0. The molecular formula is C15H11F3N4O. The Morgan fingerprint density at radius 2 is 1.87 bits per heavy atom. The number of imidazole rings is 1. The van der Waals surface area contributed by atoms with Gasteiger partial charge in [0, 0.05) is 5.69 Å². The highest BCUT2D eigenvalue weighted by molar-refractivity contribution is 5.96. The molecule has 3 aromatic rings. The van der Waals surface area contributed by atoms with Crippen LogP contribution in [0.2, 0.25) is 0 Å². The van der Waals surface area contributed by atoms with Crippen LogP contribution in [0.25, 0.3) is 11.0 Å². The maximum Gasteiger partial charge on any atom is 0.416 e.